The number of fused-ring (bicyclic) bond motifs is 1. The molecule has 3 atom stereocenters. The van der Waals surface area contributed by atoms with Crippen molar-refractivity contribution in [2.45, 2.75) is 38.9 Å². The molecule has 0 bridgehead atoms. The van der Waals surface area contributed by atoms with Crippen LogP contribution in [0.15, 0.2) is 24.5 Å². The van der Waals surface area contributed by atoms with Crippen LogP contribution in [0, 0.1) is 18.8 Å². The largest absolute Gasteiger partial charge is 0.491 e. The molecule has 3 heterocycles. The number of carbonyl (C=O) groups excluding carboxylic acids is 1. The maximum Gasteiger partial charge on any atom is 0.419 e. The van der Waals surface area contributed by atoms with Gasteiger partial charge in [-0.2, -0.15) is 13.2 Å². The zero-order valence-corrected chi connectivity index (χ0v) is 18.5. The average Bonchev–Trinajstić information content (AvgIpc) is 3.50. The second-order valence-corrected chi connectivity index (χ2v) is 8.01. The van der Waals surface area contributed by atoms with Gasteiger partial charge in [-0.25, -0.2) is 15.0 Å². The molecule has 1 saturated heterocycles. The van der Waals surface area contributed by atoms with E-state index < -0.39 is 11.7 Å². The fourth-order valence-corrected chi connectivity index (χ4v) is 4.02. The minimum absolute atomic E-state index is 0. The summed E-state index contributed by atoms with van der Waals surface area (Å²) in [5.41, 5.74) is 0.111. The number of amides is 1. The quantitative estimate of drug-likeness (QED) is 0.686. The zero-order chi connectivity index (χ0) is 22.2. The van der Waals surface area contributed by atoms with Crippen LogP contribution < -0.4 is 10.1 Å². The molecule has 11 heteroatoms. The Morgan fingerprint density at radius 2 is 1.94 bits per heavy atom. The number of halogens is 4. The molecule has 1 aliphatic carbocycles. The molecule has 1 amide bonds. The van der Waals surface area contributed by atoms with Crippen molar-refractivity contribution in [2.24, 2.45) is 11.8 Å². The number of aromatic nitrogens is 3. The van der Waals surface area contributed by atoms with Crippen LogP contribution in [0.1, 0.15) is 41.5 Å². The van der Waals surface area contributed by atoms with Gasteiger partial charge in [-0.15, -0.1) is 12.4 Å². The first-order valence-corrected chi connectivity index (χ1v) is 10.3. The van der Waals surface area contributed by atoms with Crippen LogP contribution in [0.3, 0.4) is 0 Å². The topological polar surface area (TPSA) is 80.2 Å². The van der Waals surface area contributed by atoms with Crippen LogP contribution >= 0.6 is 12.4 Å². The minimum atomic E-state index is -4.48. The van der Waals surface area contributed by atoms with Crippen molar-refractivity contribution in [3.8, 4) is 5.75 Å². The highest BCUT2D eigenvalue weighted by Crippen LogP contribution is 2.47. The van der Waals surface area contributed by atoms with Gasteiger partial charge >= 0.3 is 6.18 Å². The molecular weight excluding hydrogens is 447 g/mol. The molecule has 174 valence electrons. The van der Waals surface area contributed by atoms with Gasteiger partial charge in [0.2, 0.25) is 5.95 Å². The Morgan fingerprint density at radius 3 is 2.59 bits per heavy atom. The van der Waals surface area contributed by atoms with Gasteiger partial charge in [-0.05, 0) is 50.7 Å². The molecule has 2 aromatic heterocycles. The first-order valence-electron chi connectivity index (χ1n) is 10.3. The van der Waals surface area contributed by atoms with E-state index in [4.69, 9.17) is 4.74 Å². The van der Waals surface area contributed by atoms with Gasteiger partial charge in [0, 0.05) is 37.2 Å². The van der Waals surface area contributed by atoms with Gasteiger partial charge in [0.25, 0.3) is 5.91 Å². The van der Waals surface area contributed by atoms with E-state index in [1.165, 1.54) is 0 Å². The second-order valence-electron chi connectivity index (χ2n) is 8.01. The van der Waals surface area contributed by atoms with Gasteiger partial charge in [-0.3, -0.25) is 4.79 Å². The summed E-state index contributed by atoms with van der Waals surface area (Å²) >= 11 is 0. The van der Waals surface area contributed by atoms with Crippen LogP contribution in [0.4, 0.5) is 19.1 Å². The molecular formula is C21H25ClF3N5O2. The lowest BCUT2D eigenvalue weighted by Gasteiger charge is -2.35. The molecule has 1 aliphatic heterocycles. The molecule has 0 unspecified atom stereocenters. The summed E-state index contributed by atoms with van der Waals surface area (Å²) in [4.78, 5) is 27.1. The highest BCUT2D eigenvalue weighted by atomic mass is 35.5. The Morgan fingerprint density at radius 1 is 1.22 bits per heavy atom. The monoisotopic (exact) mass is 471 g/mol. The second kappa shape index (κ2) is 9.48. The van der Waals surface area contributed by atoms with Gasteiger partial charge in [0.05, 0.1) is 12.2 Å². The first kappa shape index (κ1) is 24.0. The van der Waals surface area contributed by atoms with Crippen LogP contribution in [-0.2, 0) is 6.18 Å². The Bertz CT molecular complexity index is 957. The average molecular weight is 472 g/mol. The lowest BCUT2D eigenvalue weighted by Crippen LogP contribution is -2.48. The molecule has 0 aromatic carbocycles. The van der Waals surface area contributed by atoms with Crippen LogP contribution in [-0.4, -0.2) is 51.5 Å². The van der Waals surface area contributed by atoms with E-state index in [2.05, 4.69) is 20.3 Å². The molecule has 4 rings (SSSR count). The van der Waals surface area contributed by atoms with E-state index in [0.29, 0.717) is 37.3 Å². The number of nitrogens with zero attached hydrogens (tertiary/aromatic N) is 4. The van der Waals surface area contributed by atoms with Crippen molar-refractivity contribution in [3.63, 3.8) is 0 Å². The molecule has 2 aromatic rings. The third kappa shape index (κ3) is 5.23. The summed E-state index contributed by atoms with van der Waals surface area (Å²) < 4.78 is 43.7. The van der Waals surface area contributed by atoms with E-state index in [1.54, 1.807) is 17.0 Å². The van der Waals surface area contributed by atoms with E-state index in [0.717, 1.165) is 30.9 Å². The highest BCUT2D eigenvalue weighted by Gasteiger charge is 2.47. The number of piperidine rings is 1. The molecule has 32 heavy (non-hydrogen) atoms. The Balaban J connectivity index is 0.00000289. The number of likely N-dealkylation sites (tertiary alicyclic amines) is 1. The molecule has 1 N–H and O–H groups in total. The lowest BCUT2D eigenvalue weighted by molar-refractivity contribution is -0.138. The SMILES string of the molecule is CCOc1ccc(C)nc1C(=O)N1C[C@@H]2C[C@@H]2C[C@H]1CNc1ncc(C(F)(F)F)cn1.Cl. The van der Waals surface area contributed by atoms with Crippen molar-refractivity contribution >= 4 is 24.3 Å². The molecule has 0 spiro atoms. The van der Waals surface area contributed by atoms with E-state index in [-0.39, 0.29) is 36.0 Å². The lowest BCUT2D eigenvalue weighted by atomic mass is 10.0. The van der Waals surface area contributed by atoms with Crippen molar-refractivity contribution in [3.05, 3.63) is 41.5 Å². The summed E-state index contributed by atoms with van der Waals surface area (Å²) in [5, 5.41) is 2.98. The smallest absolute Gasteiger partial charge is 0.419 e. The number of hydrogen-bond donors (Lipinski definition) is 1. The number of hydrogen-bond acceptors (Lipinski definition) is 6. The third-order valence-electron chi connectivity index (χ3n) is 5.75. The number of anilines is 1. The third-order valence-corrected chi connectivity index (χ3v) is 5.75. The number of ether oxygens (including phenoxy) is 1. The zero-order valence-electron chi connectivity index (χ0n) is 17.7. The standard InChI is InChI=1S/C21H24F3N5O2.ClH/c1-3-31-17-5-4-12(2)28-18(17)19(30)29-11-14-6-13(14)7-16(29)10-27-20-25-8-15(9-26-20)21(22,23)24;/h4-5,8-9,13-14,16H,3,6-7,10-11H2,1-2H3,(H,25,26,27);1H/t13-,14+,16+;/m1./s1. The fourth-order valence-electron chi connectivity index (χ4n) is 4.02. The van der Waals surface area contributed by atoms with E-state index in [9.17, 15) is 18.0 Å². The number of aryl methyl sites for hydroxylation is 1. The van der Waals surface area contributed by atoms with Gasteiger partial charge < -0.3 is 15.0 Å². The van der Waals surface area contributed by atoms with Gasteiger partial charge in [-0.1, -0.05) is 0 Å². The normalized spacial score (nSPS) is 21.9. The molecule has 2 fully saturated rings. The molecule has 2 aliphatic rings. The first-order chi connectivity index (χ1) is 14.8. The fraction of sp³-hybridized carbons (Fsp3) is 0.524. The van der Waals surface area contributed by atoms with Crippen LogP contribution in [0.25, 0.3) is 0 Å². The summed E-state index contributed by atoms with van der Waals surface area (Å²) in [6.45, 7) is 5.06. The summed E-state index contributed by atoms with van der Waals surface area (Å²) in [5.74, 6) is 1.41. The Labute approximate surface area is 190 Å². The predicted octanol–water partition coefficient (Wildman–Crippen LogP) is 3.98. The molecule has 1 saturated carbocycles. The van der Waals surface area contributed by atoms with Crippen LogP contribution in [0.2, 0.25) is 0 Å². The van der Waals surface area contributed by atoms with E-state index in [1.807, 2.05) is 13.8 Å². The predicted molar refractivity (Wildman–Crippen MR) is 114 cm³/mol. The summed E-state index contributed by atoms with van der Waals surface area (Å²) in [6.07, 6.45) is -1.08. The number of alkyl halides is 3. The maximum absolute atomic E-state index is 13.4. The van der Waals surface area contributed by atoms with Gasteiger partial charge in [0.1, 0.15) is 0 Å². The number of nitrogens with one attached hydrogen (secondary N) is 1. The number of rotatable bonds is 6. The molecule has 7 nitrogen and oxygen atoms in total. The number of pyridine rings is 1. The Hall–Kier alpha value is -2.62. The highest BCUT2D eigenvalue weighted by molar-refractivity contribution is 5.95. The van der Waals surface area contributed by atoms with E-state index >= 15 is 0 Å². The van der Waals surface area contributed by atoms with Crippen LogP contribution in [0.5, 0.6) is 5.75 Å². The maximum atomic E-state index is 13.4. The minimum Gasteiger partial charge on any atom is -0.491 e. The van der Waals surface area contributed by atoms with Crippen molar-refractivity contribution in [1.29, 1.82) is 0 Å². The van der Waals surface area contributed by atoms with Crippen molar-refractivity contribution in [1.82, 2.24) is 19.9 Å². The number of carbonyl (C=O) groups is 1. The summed E-state index contributed by atoms with van der Waals surface area (Å²) in [6, 6.07) is 3.42. The molecule has 0 radical (unpaired) electrons. The Kier molecular flexibility index (Phi) is 7.12. The van der Waals surface area contributed by atoms with Crippen molar-refractivity contribution < 1.29 is 22.7 Å². The summed E-state index contributed by atoms with van der Waals surface area (Å²) in [7, 11) is 0. The van der Waals surface area contributed by atoms with Crippen molar-refractivity contribution in [2.75, 3.05) is 25.0 Å². The van der Waals surface area contributed by atoms with Gasteiger partial charge in [0.15, 0.2) is 11.4 Å².